The normalized spacial score (nSPS) is 19.7. The number of thiazole rings is 1. The van der Waals surface area contributed by atoms with E-state index in [2.05, 4.69) is 22.5 Å². The zero-order chi connectivity index (χ0) is 38.0. The molecule has 3 amide bonds. The van der Waals surface area contributed by atoms with Gasteiger partial charge in [0.1, 0.15) is 16.7 Å². The fourth-order valence-corrected chi connectivity index (χ4v) is 7.63. The van der Waals surface area contributed by atoms with Crippen LogP contribution in [-0.2, 0) is 30.3 Å². The molecule has 3 N–H and O–H groups in total. The van der Waals surface area contributed by atoms with E-state index in [1.54, 1.807) is 24.3 Å². The number of hydrogen-bond acceptors (Lipinski definition) is 9. The highest BCUT2D eigenvalue weighted by molar-refractivity contribution is 7.09. The molecular formula is C38H57N5O7S. The molecule has 0 spiro atoms. The van der Waals surface area contributed by atoms with Crippen molar-refractivity contribution in [1.82, 2.24) is 25.4 Å². The number of carboxylic acid groups (broad SMARTS) is 1. The summed E-state index contributed by atoms with van der Waals surface area (Å²) >= 11 is 1.18. The molecule has 0 radical (unpaired) electrons. The lowest BCUT2D eigenvalue weighted by molar-refractivity contribution is -0.149. The fourth-order valence-electron chi connectivity index (χ4n) is 6.79. The Labute approximate surface area is 306 Å². The maximum Gasteiger partial charge on any atom is 0.306 e. The van der Waals surface area contributed by atoms with E-state index in [-0.39, 0.29) is 48.2 Å². The van der Waals surface area contributed by atoms with Crippen LogP contribution in [0, 0.1) is 23.7 Å². The summed E-state index contributed by atoms with van der Waals surface area (Å²) in [5.41, 5.74) is 1.09. The van der Waals surface area contributed by atoms with E-state index in [1.165, 1.54) is 18.3 Å². The average Bonchev–Trinajstić information content (AvgIpc) is 3.70. The SMILES string of the molecule is CC[C@H](C)[C@H](NC(=O)[C@H]1C[C@@H](C)CN1C)C(=O)N(C)[C@H](C[C@@H](OC(C)=O)c1nc(C(=O)N[C@@H](Cc2ccccc2)C[C@H](C)C(=O)O)cs1)C(C)C. The first-order valence-electron chi connectivity index (χ1n) is 18.0. The van der Waals surface area contributed by atoms with E-state index in [9.17, 15) is 29.1 Å². The van der Waals surface area contributed by atoms with Gasteiger partial charge in [0.2, 0.25) is 11.8 Å². The molecule has 8 atom stereocenters. The second-order valence-corrected chi connectivity index (χ2v) is 15.6. The Hall–Kier alpha value is -3.84. The van der Waals surface area contributed by atoms with E-state index < -0.39 is 48.0 Å². The van der Waals surface area contributed by atoms with Crippen LogP contribution in [0.4, 0.5) is 0 Å². The molecule has 1 aliphatic heterocycles. The van der Waals surface area contributed by atoms with Gasteiger partial charge >= 0.3 is 11.9 Å². The number of carboxylic acids is 1. The second kappa shape index (κ2) is 19.1. The van der Waals surface area contributed by atoms with E-state index in [0.29, 0.717) is 23.8 Å². The summed E-state index contributed by atoms with van der Waals surface area (Å²) in [6.07, 6.45) is 1.49. The number of nitrogens with one attached hydrogen (secondary N) is 2. The Morgan fingerprint density at radius 1 is 1.08 bits per heavy atom. The Morgan fingerprint density at radius 2 is 1.75 bits per heavy atom. The van der Waals surface area contributed by atoms with Gasteiger partial charge in [-0.3, -0.25) is 28.9 Å². The van der Waals surface area contributed by atoms with E-state index in [0.717, 1.165) is 18.5 Å². The van der Waals surface area contributed by atoms with Crippen LogP contribution >= 0.6 is 11.3 Å². The number of amides is 3. The zero-order valence-electron chi connectivity index (χ0n) is 31.5. The minimum atomic E-state index is -0.945. The first kappa shape index (κ1) is 41.6. The molecule has 3 rings (SSSR count). The number of rotatable bonds is 18. The van der Waals surface area contributed by atoms with Gasteiger partial charge in [-0.2, -0.15) is 0 Å². The molecule has 12 nitrogen and oxygen atoms in total. The van der Waals surface area contributed by atoms with Gasteiger partial charge in [-0.15, -0.1) is 11.3 Å². The van der Waals surface area contributed by atoms with E-state index in [1.807, 2.05) is 70.0 Å². The van der Waals surface area contributed by atoms with Gasteiger partial charge in [-0.25, -0.2) is 4.98 Å². The first-order chi connectivity index (χ1) is 24.0. The van der Waals surface area contributed by atoms with Crippen molar-refractivity contribution in [2.24, 2.45) is 23.7 Å². The Morgan fingerprint density at radius 3 is 2.29 bits per heavy atom. The number of aliphatic carboxylic acids is 1. The van der Waals surface area contributed by atoms with Crippen LogP contribution in [0.5, 0.6) is 0 Å². The van der Waals surface area contributed by atoms with Crippen LogP contribution in [-0.4, -0.2) is 94.4 Å². The number of esters is 1. The zero-order valence-corrected chi connectivity index (χ0v) is 32.4. The minimum Gasteiger partial charge on any atom is -0.481 e. The van der Waals surface area contributed by atoms with E-state index in [4.69, 9.17) is 4.74 Å². The average molecular weight is 728 g/mol. The molecule has 1 fully saturated rings. The van der Waals surface area contributed by atoms with Gasteiger partial charge < -0.3 is 25.4 Å². The molecule has 282 valence electrons. The Kier molecular flexibility index (Phi) is 15.6. The minimum absolute atomic E-state index is 0.0511. The lowest BCUT2D eigenvalue weighted by Gasteiger charge is -2.37. The highest BCUT2D eigenvalue weighted by Gasteiger charge is 2.38. The van der Waals surface area contributed by atoms with Gasteiger partial charge in [-0.05, 0) is 49.6 Å². The lowest BCUT2D eigenvalue weighted by Crippen LogP contribution is -2.56. The van der Waals surface area contributed by atoms with Crippen molar-refractivity contribution in [2.45, 2.75) is 111 Å². The van der Waals surface area contributed by atoms with Crippen LogP contribution in [0.1, 0.15) is 101 Å². The van der Waals surface area contributed by atoms with Crippen molar-refractivity contribution in [1.29, 1.82) is 0 Å². The molecule has 0 aliphatic carbocycles. The highest BCUT2D eigenvalue weighted by Crippen LogP contribution is 2.31. The van der Waals surface area contributed by atoms with Gasteiger partial charge in [0, 0.05) is 44.4 Å². The third-order valence-corrected chi connectivity index (χ3v) is 10.9. The molecule has 1 aromatic carbocycles. The molecule has 51 heavy (non-hydrogen) atoms. The van der Waals surface area contributed by atoms with Crippen LogP contribution < -0.4 is 10.6 Å². The van der Waals surface area contributed by atoms with Crippen molar-refractivity contribution < 1.29 is 33.8 Å². The molecule has 0 unspecified atom stereocenters. The molecule has 1 aromatic heterocycles. The fraction of sp³-hybridized carbons (Fsp3) is 0.632. The maximum absolute atomic E-state index is 14.2. The monoisotopic (exact) mass is 727 g/mol. The van der Waals surface area contributed by atoms with Crippen LogP contribution in [0.15, 0.2) is 35.7 Å². The van der Waals surface area contributed by atoms with Gasteiger partial charge in [0.05, 0.1) is 12.0 Å². The first-order valence-corrected chi connectivity index (χ1v) is 18.9. The van der Waals surface area contributed by atoms with Gasteiger partial charge in [0.15, 0.2) is 6.10 Å². The number of likely N-dealkylation sites (N-methyl/N-ethyl adjacent to an activating group) is 2. The van der Waals surface area contributed by atoms with Crippen molar-refractivity contribution in [3.05, 3.63) is 52.0 Å². The van der Waals surface area contributed by atoms with Crippen molar-refractivity contribution in [2.75, 3.05) is 20.6 Å². The summed E-state index contributed by atoms with van der Waals surface area (Å²) in [5.74, 6) is -2.74. The summed E-state index contributed by atoms with van der Waals surface area (Å²) in [5, 5.41) is 17.6. The number of benzene rings is 1. The summed E-state index contributed by atoms with van der Waals surface area (Å²) in [6.45, 7) is 13.8. The van der Waals surface area contributed by atoms with Crippen molar-refractivity contribution in [3.8, 4) is 0 Å². The lowest BCUT2D eigenvalue weighted by atomic mass is 9.92. The number of ether oxygens (including phenoxy) is 1. The van der Waals surface area contributed by atoms with Crippen LogP contribution in [0.3, 0.4) is 0 Å². The Balaban J connectivity index is 1.81. The number of aromatic nitrogens is 1. The molecule has 1 saturated heterocycles. The third kappa shape index (κ3) is 11.8. The molecular weight excluding hydrogens is 671 g/mol. The molecule has 2 heterocycles. The van der Waals surface area contributed by atoms with Gasteiger partial charge in [0.25, 0.3) is 5.91 Å². The standard InChI is InChI=1S/C38H57N5O7S/c1-10-24(5)33(41-35(46)31-16-23(4)20-42(31)8)37(47)43(9)30(22(2)3)19-32(50-26(7)44)36-40-29(21-51-36)34(45)39-28(17-25(6)38(48)49)18-27-14-12-11-13-15-27/h11-15,21-25,28,30-33H,10,16-20H2,1-9H3,(H,39,45)(H,41,46)(H,48,49)/t23-,24+,25+,28-,30-,31-,32-,33+/m1/s1. The maximum atomic E-state index is 14.2. The predicted octanol–water partition coefficient (Wildman–Crippen LogP) is 4.94. The summed E-state index contributed by atoms with van der Waals surface area (Å²) in [7, 11) is 3.65. The summed E-state index contributed by atoms with van der Waals surface area (Å²) in [4.78, 5) is 73.2. The molecule has 0 saturated carbocycles. The summed E-state index contributed by atoms with van der Waals surface area (Å²) < 4.78 is 5.76. The van der Waals surface area contributed by atoms with Crippen LogP contribution in [0.25, 0.3) is 0 Å². The quantitative estimate of drug-likeness (QED) is 0.181. The number of carbonyl (C=O) groups excluding carboxylic acids is 4. The number of likely N-dealkylation sites (tertiary alicyclic amines) is 1. The molecule has 0 bridgehead atoms. The van der Waals surface area contributed by atoms with Crippen LogP contribution in [0.2, 0.25) is 0 Å². The second-order valence-electron chi connectivity index (χ2n) is 14.7. The third-order valence-electron chi connectivity index (χ3n) is 9.97. The van der Waals surface area contributed by atoms with Crippen molar-refractivity contribution >= 4 is 41.0 Å². The number of hydrogen-bond donors (Lipinski definition) is 3. The van der Waals surface area contributed by atoms with Crippen molar-refractivity contribution in [3.63, 3.8) is 0 Å². The predicted molar refractivity (Wildman–Crippen MR) is 197 cm³/mol. The molecule has 13 heteroatoms. The topological polar surface area (TPSA) is 158 Å². The Bertz CT molecular complexity index is 1480. The number of nitrogens with zero attached hydrogens (tertiary/aromatic N) is 3. The van der Waals surface area contributed by atoms with E-state index >= 15 is 0 Å². The summed E-state index contributed by atoms with van der Waals surface area (Å²) in [6, 6.07) is 7.66. The molecule has 2 aromatic rings. The number of carbonyl (C=O) groups is 5. The van der Waals surface area contributed by atoms with Gasteiger partial charge in [-0.1, -0.05) is 78.3 Å². The molecule has 1 aliphatic rings. The largest absolute Gasteiger partial charge is 0.481 e. The smallest absolute Gasteiger partial charge is 0.306 e. The highest BCUT2D eigenvalue weighted by atomic mass is 32.1.